The van der Waals surface area contributed by atoms with Crippen LogP contribution in [-0.4, -0.2) is 36.3 Å². The average molecular weight is 392 g/mol. The first-order valence-corrected chi connectivity index (χ1v) is 8.14. The van der Waals surface area contributed by atoms with Gasteiger partial charge in [0.05, 0.1) is 11.1 Å². The van der Waals surface area contributed by atoms with Crippen molar-refractivity contribution in [2.75, 3.05) is 19.7 Å². The number of hydrogen-bond donors (Lipinski definition) is 0. The van der Waals surface area contributed by atoms with Crippen molar-refractivity contribution in [3.63, 3.8) is 0 Å². The molecular formula is C16H20BrF2NO3. The average Bonchev–Trinajstić information content (AvgIpc) is 2.36. The molecule has 1 aromatic rings. The van der Waals surface area contributed by atoms with E-state index in [1.807, 2.05) is 20.8 Å². The van der Waals surface area contributed by atoms with E-state index in [-0.39, 0.29) is 22.0 Å². The fraction of sp³-hybridized carbons (Fsp3) is 0.562. The second kappa shape index (κ2) is 7.03. The molecule has 1 aromatic carbocycles. The van der Waals surface area contributed by atoms with Gasteiger partial charge in [-0.25, -0.2) is 13.6 Å². The smallest absolute Gasteiger partial charge is 0.410 e. The van der Waals surface area contributed by atoms with Gasteiger partial charge in [0, 0.05) is 24.6 Å². The molecule has 128 valence electrons. The molecule has 0 N–H and O–H groups in total. The number of alkyl halides is 2. The van der Waals surface area contributed by atoms with E-state index < -0.39 is 12.0 Å². The SMILES string of the molecule is CC(C)(C)OC(=O)N1CC(COc2cccc(C(F)F)c2Br)C1. The Morgan fingerprint density at radius 1 is 1.39 bits per heavy atom. The van der Waals surface area contributed by atoms with Gasteiger partial charge in [0.25, 0.3) is 6.43 Å². The standard InChI is InChI=1S/C16H20BrF2NO3/c1-16(2,3)23-15(21)20-7-10(8-20)9-22-12-6-4-5-11(13(12)17)14(18)19/h4-6,10,14H,7-9H2,1-3H3. The summed E-state index contributed by atoms with van der Waals surface area (Å²) in [7, 11) is 0. The summed E-state index contributed by atoms with van der Waals surface area (Å²) in [5, 5.41) is 0. The van der Waals surface area contributed by atoms with Crippen LogP contribution in [0.25, 0.3) is 0 Å². The topological polar surface area (TPSA) is 38.8 Å². The number of halogens is 3. The van der Waals surface area contributed by atoms with E-state index in [1.54, 1.807) is 11.0 Å². The Hall–Kier alpha value is -1.37. The zero-order valence-electron chi connectivity index (χ0n) is 13.3. The molecule has 23 heavy (non-hydrogen) atoms. The molecule has 0 saturated carbocycles. The Kier molecular flexibility index (Phi) is 5.49. The predicted octanol–water partition coefficient (Wildman–Crippen LogP) is 4.63. The Labute approximate surface area is 142 Å². The summed E-state index contributed by atoms with van der Waals surface area (Å²) in [5.41, 5.74) is -0.606. The Morgan fingerprint density at radius 3 is 2.61 bits per heavy atom. The lowest BCUT2D eigenvalue weighted by Gasteiger charge is -2.39. The fourth-order valence-corrected chi connectivity index (χ4v) is 2.72. The highest BCUT2D eigenvalue weighted by Crippen LogP contribution is 2.35. The number of benzene rings is 1. The molecule has 0 spiro atoms. The van der Waals surface area contributed by atoms with E-state index in [1.165, 1.54) is 12.1 Å². The van der Waals surface area contributed by atoms with Gasteiger partial charge >= 0.3 is 6.09 Å². The maximum atomic E-state index is 12.8. The molecule has 1 aliphatic heterocycles. The maximum absolute atomic E-state index is 12.8. The third-order valence-corrected chi connectivity index (χ3v) is 4.16. The van der Waals surface area contributed by atoms with Crippen LogP contribution in [0, 0.1) is 5.92 Å². The van der Waals surface area contributed by atoms with Crippen LogP contribution in [0.15, 0.2) is 22.7 Å². The van der Waals surface area contributed by atoms with Gasteiger partial charge in [-0.2, -0.15) is 0 Å². The first-order valence-electron chi connectivity index (χ1n) is 7.34. The summed E-state index contributed by atoms with van der Waals surface area (Å²) in [4.78, 5) is 13.4. The summed E-state index contributed by atoms with van der Waals surface area (Å²) < 4.78 is 36.8. The van der Waals surface area contributed by atoms with Gasteiger partial charge in [-0.3, -0.25) is 0 Å². The van der Waals surface area contributed by atoms with Gasteiger partial charge in [0.15, 0.2) is 0 Å². The number of rotatable bonds is 4. The normalized spacial score (nSPS) is 15.5. The highest BCUT2D eigenvalue weighted by molar-refractivity contribution is 9.10. The molecule has 1 heterocycles. The monoisotopic (exact) mass is 391 g/mol. The van der Waals surface area contributed by atoms with Crippen LogP contribution in [-0.2, 0) is 4.74 Å². The largest absolute Gasteiger partial charge is 0.492 e. The van der Waals surface area contributed by atoms with Gasteiger partial charge in [-0.15, -0.1) is 0 Å². The molecule has 7 heteroatoms. The van der Waals surface area contributed by atoms with Crippen LogP contribution in [0.1, 0.15) is 32.8 Å². The number of ether oxygens (including phenoxy) is 2. The second-order valence-corrected chi connectivity index (χ2v) is 7.32. The Balaban J connectivity index is 1.81. The minimum Gasteiger partial charge on any atom is -0.492 e. The summed E-state index contributed by atoms with van der Waals surface area (Å²) in [6.07, 6.45) is -2.89. The van der Waals surface area contributed by atoms with Crippen LogP contribution >= 0.6 is 15.9 Å². The van der Waals surface area contributed by atoms with Crippen LogP contribution in [0.5, 0.6) is 5.75 Å². The zero-order valence-corrected chi connectivity index (χ0v) is 14.9. The van der Waals surface area contributed by atoms with Gasteiger partial charge in [-0.1, -0.05) is 12.1 Å². The van der Waals surface area contributed by atoms with Gasteiger partial charge < -0.3 is 14.4 Å². The third-order valence-electron chi connectivity index (χ3n) is 3.31. The van der Waals surface area contributed by atoms with Crippen molar-refractivity contribution >= 4 is 22.0 Å². The van der Waals surface area contributed by atoms with E-state index in [9.17, 15) is 13.6 Å². The number of carbonyl (C=O) groups is 1. The molecule has 0 aliphatic carbocycles. The second-order valence-electron chi connectivity index (χ2n) is 6.52. The van der Waals surface area contributed by atoms with Gasteiger partial charge in [0.1, 0.15) is 11.4 Å². The van der Waals surface area contributed by atoms with Crippen molar-refractivity contribution in [1.82, 2.24) is 4.90 Å². The van der Waals surface area contributed by atoms with Crippen molar-refractivity contribution in [1.29, 1.82) is 0 Å². The number of hydrogen-bond acceptors (Lipinski definition) is 3. The summed E-state index contributed by atoms with van der Waals surface area (Å²) in [5.74, 6) is 0.558. The molecule has 4 nitrogen and oxygen atoms in total. The minimum absolute atomic E-state index is 0.0912. The van der Waals surface area contributed by atoms with Gasteiger partial charge in [0.2, 0.25) is 0 Å². The molecule has 1 fully saturated rings. The van der Waals surface area contributed by atoms with Crippen LogP contribution in [0.4, 0.5) is 13.6 Å². The quantitative estimate of drug-likeness (QED) is 0.750. The van der Waals surface area contributed by atoms with E-state index in [0.29, 0.717) is 25.4 Å². The molecule has 0 radical (unpaired) electrons. The van der Waals surface area contributed by atoms with Crippen molar-refractivity contribution in [2.45, 2.75) is 32.8 Å². The third kappa shape index (κ3) is 4.80. The molecule has 0 bridgehead atoms. The summed E-state index contributed by atoms with van der Waals surface area (Å²) >= 11 is 3.15. The highest BCUT2D eigenvalue weighted by Gasteiger charge is 2.34. The molecule has 2 rings (SSSR count). The molecule has 1 aliphatic rings. The molecule has 0 aromatic heterocycles. The van der Waals surface area contributed by atoms with E-state index in [2.05, 4.69) is 15.9 Å². The summed E-state index contributed by atoms with van der Waals surface area (Å²) in [6.45, 7) is 6.91. The first-order chi connectivity index (χ1) is 10.7. The van der Waals surface area contributed by atoms with Crippen molar-refractivity contribution in [3.05, 3.63) is 28.2 Å². The molecule has 0 unspecified atom stereocenters. The Morgan fingerprint density at radius 2 is 2.04 bits per heavy atom. The lowest BCUT2D eigenvalue weighted by atomic mass is 10.0. The molecule has 1 saturated heterocycles. The molecule has 0 atom stereocenters. The minimum atomic E-state index is -2.56. The van der Waals surface area contributed by atoms with Crippen LogP contribution in [0.3, 0.4) is 0 Å². The number of likely N-dealkylation sites (tertiary alicyclic amines) is 1. The molecular weight excluding hydrogens is 372 g/mol. The summed E-state index contributed by atoms with van der Waals surface area (Å²) in [6, 6.07) is 4.53. The first kappa shape index (κ1) is 18.0. The number of nitrogens with zero attached hydrogens (tertiary/aromatic N) is 1. The highest BCUT2D eigenvalue weighted by atomic mass is 79.9. The lowest BCUT2D eigenvalue weighted by molar-refractivity contribution is -0.00789. The van der Waals surface area contributed by atoms with Gasteiger partial charge in [-0.05, 0) is 42.8 Å². The van der Waals surface area contributed by atoms with E-state index in [4.69, 9.17) is 9.47 Å². The van der Waals surface area contributed by atoms with Crippen molar-refractivity contribution < 1.29 is 23.0 Å². The maximum Gasteiger partial charge on any atom is 0.410 e. The predicted molar refractivity (Wildman–Crippen MR) is 85.9 cm³/mol. The molecule has 1 amide bonds. The van der Waals surface area contributed by atoms with Crippen LogP contribution in [0.2, 0.25) is 0 Å². The fourth-order valence-electron chi connectivity index (χ4n) is 2.17. The number of carbonyl (C=O) groups excluding carboxylic acids is 1. The number of amides is 1. The zero-order chi connectivity index (χ0) is 17.2. The van der Waals surface area contributed by atoms with Crippen LogP contribution < -0.4 is 4.74 Å². The van der Waals surface area contributed by atoms with E-state index in [0.717, 1.165) is 0 Å². The Bertz CT molecular complexity index is 569. The lowest BCUT2D eigenvalue weighted by Crippen LogP contribution is -2.53. The van der Waals surface area contributed by atoms with E-state index >= 15 is 0 Å². The van der Waals surface area contributed by atoms with Crippen molar-refractivity contribution in [2.24, 2.45) is 5.92 Å². The van der Waals surface area contributed by atoms with Crippen molar-refractivity contribution in [3.8, 4) is 5.75 Å².